The number of nitrogens with zero attached hydrogens (tertiary/aromatic N) is 5. The fourth-order valence-corrected chi connectivity index (χ4v) is 9.49. The van der Waals surface area contributed by atoms with Gasteiger partial charge < -0.3 is 39.8 Å². The van der Waals surface area contributed by atoms with Gasteiger partial charge in [-0.1, -0.05) is 28.1 Å². The summed E-state index contributed by atoms with van der Waals surface area (Å²) in [6.45, 7) is 6.09. The standard InChI is InChI=1S/C24H25FN4O5S.C17H15BrFN3O2S.C8H12O3/c1-14-11-15(25)3-5-17(14)21-20(24(32)33-2)18(27-22(28-21)23-26-7-10-35-23)13-29-8-9-34-16(12-29)4-6-19(30)31;1-9-7-10(19)3-4-11(9)14-13(17(23)24-2)12(8-18)21-15(22-14)16-20-5-6-25-16;9-8(10)5-4-7-3-1-2-6-11-7/h3-7,10-11,16,21H,8-9,12-13H2,1-2H3,(H,27,28)(H,30,31);3-7,14H,8H2,1-2H3,(H,21,22);4-5,7H,1-3,6H2,(H,9,10)/b6-4+;;5-4+/t16-,21+;14-;7-/m100/s1. The third-order valence-electron chi connectivity index (χ3n) is 11.2. The van der Waals surface area contributed by atoms with Crippen LogP contribution in [0, 0.1) is 25.5 Å². The molecule has 376 valence electrons. The molecule has 2 aromatic heterocycles. The molecule has 71 heavy (non-hydrogen) atoms. The fraction of sp³-hybridized carbons (Fsp3) is 0.347. The Morgan fingerprint density at radius 3 is 1.73 bits per heavy atom. The van der Waals surface area contributed by atoms with Gasteiger partial charge in [0.05, 0.1) is 44.2 Å². The number of methoxy groups -OCH3 is 2. The van der Waals surface area contributed by atoms with Crippen LogP contribution >= 0.6 is 38.6 Å². The van der Waals surface area contributed by atoms with E-state index in [9.17, 15) is 28.0 Å². The summed E-state index contributed by atoms with van der Waals surface area (Å²) in [6, 6.07) is 7.52. The SMILES string of the molecule is COC(=O)C1=C(CBr)NC(c2nccs2)=N[C@H]1c1ccc(F)cc1C.COC(=O)C1=C(CN2CCO[C@H](/C=C/C(=O)O)C2)NC(c2nccs2)=N[C@H]1c1ccc(F)cc1C.O=C(O)/C=C/[C@@H]1CCCCO1. The third kappa shape index (κ3) is 14.9. The number of nitrogens with one attached hydrogen (secondary N) is 2. The van der Waals surface area contributed by atoms with Crippen molar-refractivity contribution in [2.45, 2.75) is 57.4 Å². The molecule has 4 N–H and O–H groups in total. The van der Waals surface area contributed by atoms with Crippen LogP contribution in [-0.2, 0) is 38.1 Å². The molecule has 0 spiro atoms. The number of allylic oxidation sites excluding steroid dienone is 1. The molecule has 2 saturated heterocycles. The summed E-state index contributed by atoms with van der Waals surface area (Å²) in [6.07, 6.45) is 11.5. The lowest BCUT2D eigenvalue weighted by atomic mass is 9.92. The number of amidine groups is 2. The maximum atomic E-state index is 13.9. The molecule has 0 aliphatic carbocycles. The number of carboxylic acids is 2. The molecular weight excluding hydrogens is 1030 g/mol. The lowest BCUT2D eigenvalue weighted by Crippen LogP contribution is -2.46. The number of alkyl halides is 1. The molecule has 4 aromatic rings. The van der Waals surface area contributed by atoms with Crippen molar-refractivity contribution in [2.75, 3.05) is 52.4 Å². The van der Waals surface area contributed by atoms with E-state index in [0.29, 0.717) is 92.5 Å². The summed E-state index contributed by atoms with van der Waals surface area (Å²) in [5, 5.41) is 29.1. The van der Waals surface area contributed by atoms with Gasteiger partial charge in [-0.05, 0) is 91.8 Å². The molecule has 4 aliphatic rings. The van der Waals surface area contributed by atoms with E-state index in [4.69, 9.17) is 34.2 Å². The Morgan fingerprint density at radius 1 is 0.775 bits per heavy atom. The van der Waals surface area contributed by atoms with Gasteiger partial charge in [0.1, 0.15) is 23.7 Å². The molecule has 22 heteroatoms. The number of benzene rings is 2. The van der Waals surface area contributed by atoms with Crippen molar-refractivity contribution in [1.29, 1.82) is 0 Å². The van der Waals surface area contributed by atoms with Gasteiger partial charge in [0.25, 0.3) is 0 Å². The Balaban J connectivity index is 0.000000198. The quantitative estimate of drug-likeness (QED) is 0.0593. The number of esters is 2. The minimum atomic E-state index is -1.04. The van der Waals surface area contributed by atoms with Crippen LogP contribution in [0.15, 0.2) is 116 Å². The summed E-state index contributed by atoms with van der Waals surface area (Å²) < 4.78 is 48.4. The average molecular weight is 1080 g/mol. The second kappa shape index (κ2) is 26.2. The summed E-state index contributed by atoms with van der Waals surface area (Å²) in [5.74, 6) is -2.59. The molecular formula is C49H52BrF2N7O10S2. The summed E-state index contributed by atoms with van der Waals surface area (Å²) in [7, 11) is 2.64. The number of aromatic nitrogens is 2. The Morgan fingerprint density at radius 2 is 1.28 bits per heavy atom. The number of aliphatic carboxylic acids is 2. The van der Waals surface area contributed by atoms with Crippen molar-refractivity contribution in [3.8, 4) is 0 Å². The minimum absolute atomic E-state index is 0.0276. The zero-order chi connectivity index (χ0) is 51.0. The number of carbonyl (C=O) groups is 4. The zero-order valence-corrected chi connectivity index (χ0v) is 42.3. The van der Waals surface area contributed by atoms with Gasteiger partial charge in [-0.15, -0.1) is 22.7 Å². The van der Waals surface area contributed by atoms with Crippen molar-refractivity contribution in [3.63, 3.8) is 0 Å². The zero-order valence-electron chi connectivity index (χ0n) is 39.1. The first-order valence-electron chi connectivity index (χ1n) is 22.2. The predicted octanol–water partition coefficient (Wildman–Crippen LogP) is 7.15. The number of carboxylic acid groups (broad SMARTS) is 2. The van der Waals surface area contributed by atoms with E-state index >= 15 is 0 Å². The number of hydrogen-bond donors (Lipinski definition) is 4. The first kappa shape index (κ1) is 54.0. The highest BCUT2D eigenvalue weighted by Crippen LogP contribution is 2.37. The number of ether oxygens (including phenoxy) is 4. The lowest BCUT2D eigenvalue weighted by Gasteiger charge is -2.34. The first-order chi connectivity index (χ1) is 34.2. The van der Waals surface area contributed by atoms with Gasteiger partial charge in [-0.25, -0.2) is 37.9 Å². The summed E-state index contributed by atoms with van der Waals surface area (Å²) >= 11 is 6.26. The van der Waals surface area contributed by atoms with E-state index in [2.05, 4.69) is 46.4 Å². The van der Waals surface area contributed by atoms with Crippen LogP contribution in [0.3, 0.4) is 0 Å². The smallest absolute Gasteiger partial charge is 0.338 e. The number of morpholine rings is 1. The van der Waals surface area contributed by atoms with Crippen molar-refractivity contribution < 1.29 is 57.1 Å². The third-order valence-corrected chi connectivity index (χ3v) is 13.3. The van der Waals surface area contributed by atoms with E-state index in [1.807, 2.05) is 10.8 Å². The van der Waals surface area contributed by atoms with Gasteiger partial charge in [0, 0.05) is 78.3 Å². The average Bonchev–Trinajstić information content (AvgIpc) is 4.12. The Kier molecular flexibility index (Phi) is 20.0. The van der Waals surface area contributed by atoms with Crippen LogP contribution in [0.25, 0.3) is 0 Å². The molecule has 4 atom stereocenters. The van der Waals surface area contributed by atoms with Gasteiger partial charge in [-0.2, -0.15) is 0 Å². The van der Waals surface area contributed by atoms with Crippen LogP contribution in [0.1, 0.15) is 63.6 Å². The van der Waals surface area contributed by atoms with E-state index < -0.39 is 42.1 Å². The first-order valence-corrected chi connectivity index (χ1v) is 25.1. The van der Waals surface area contributed by atoms with Gasteiger partial charge in [0.2, 0.25) is 0 Å². The van der Waals surface area contributed by atoms with E-state index in [1.165, 1.54) is 67.2 Å². The van der Waals surface area contributed by atoms with Crippen LogP contribution in [0.4, 0.5) is 8.78 Å². The molecule has 0 amide bonds. The molecule has 6 heterocycles. The van der Waals surface area contributed by atoms with Gasteiger partial charge in [0.15, 0.2) is 21.7 Å². The maximum Gasteiger partial charge on any atom is 0.338 e. The second-order valence-electron chi connectivity index (χ2n) is 16.0. The number of aryl methyl sites for hydroxylation is 2. The van der Waals surface area contributed by atoms with Crippen molar-refractivity contribution >= 4 is 74.2 Å². The molecule has 2 fully saturated rings. The molecule has 0 saturated carbocycles. The van der Waals surface area contributed by atoms with Gasteiger partial charge in [-0.3, -0.25) is 14.9 Å². The highest BCUT2D eigenvalue weighted by molar-refractivity contribution is 9.09. The molecule has 2 aromatic carbocycles. The highest BCUT2D eigenvalue weighted by Gasteiger charge is 2.36. The molecule has 4 aliphatic heterocycles. The van der Waals surface area contributed by atoms with Crippen LogP contribution in [0.2, 0.25) is 0 Å². The Labute approximate surface area is 424 Å². The molecule has 0 unspecified atom stereocenters. The fourth-order valence-electron chi connectivity index (χ4n) is 7.87. The maximum absolute atomic E-state index is 13.9. The van der Waals surface area contributed by atoms with Crippen molar-refractivity contribution in [3.05, 3.63) is 150 Å². The van der Waals surface area contributed by atoms with Crippen molar-refractivity contribution in [1.82, 2.24) is 25.5 Å². The monoisotopic (exact) mass is 1080 g/mol. The molecule has 8 rings (SSSR count). The largest absolute Gasteiger partial charge is 0.478 e. The topological polar surface area (TPSA) is 223 Å². The van der Waals surface area contributed by atoms with Crippen LogP contribution < -0.4 is 10.6 Å². The summed E-state index contributed by atoms with van der Waals surface area (Å²) in [4.78, 5) is 66.6. The van der Waals surface area contributed by atoms with Crippen molar-refractivity contribution in [2.24, 2.45) is 9.98 Å². The number of rotatable bonds is 13. The summed E-state index contributed by atoms with van der Waals surface area (Å²) in [5.41, 5.74) is 4.77. The number of halogens is 3. The Bertz CT molecular complexity index is 2720. The van der Waals surface area contributed by atoms with Gasteiger partial charge >= 0.3 is 23.9 Å². The van der Waals surface area contributed by atoms with E-state index in [0.717, 1.165) is 43.6 Å². The second-order valence-corrected chi connectivity index (χ2v) is 18.4. The number of hydrogen-bond acceptors (Lipinski definition) is 17. The predicted molar refractivity (Wildman–Crippen MR) is 267 cm³/mol. The lowest BCUT2D eigenvalue weighted by molar-refractivity contribution is -0.137. The minimum Gasteiger partial charge on any atom is -0.478 e. The Hall–Kier alpha value is -6.30. The number of aliphatic imine (C=N–C) groups is 2. The molecule has 0 bridgehead atoms. The van der Waals surface area contributed by atoms with E-state index in [1.54, 1.807) is 44.4 Å². The highest BCUT2D eigenvalue weighted by atomic mass is 79.9. The van der Waals surface area contributed by atoms with E-state index in [-0.39, 0.29) is 17.7 Å². The molecule has 17 nitrogen and oxygen atoms in total. The number of carbonyl (C=O) groups excluding carboxylic acids is 2. The molecule has 0 radical (unpaired) electrons. The normalized spacial score (nSPS) is 20.4. The van der Waals surface area contributed by atoms with Crippen LogP contribution in [-0.4, -0.2) is 125 Å². The van der Waals surface area contributed by atoms with Crippen LogP contribution in [0.5, 0.6) is 0 Å². The number of thiazole rings is 2.